The van der Waals surface area contributed by atoms with Gasteiger partial charge >= 0.3 is 0 Å². The molecule has 1 aliphatic rings. The summed E-state index contributed by atoms with van der Waals surface area (Å²) in [6.45, 7) is 1.76. The monoisotopic (exact) mass is 384 g/mol. The Bertz CT molecular complexity index is 795. The lowest BCUT2D eigenvalue weighted by Crippen LogP contribution is -2.48. The second-order valence-electron chi connectivity index (χ2n) is 7.04. The highest BCUT2D eigenvalue weighted by molar-refractivity contribution is 5.94. The van der Waals surface area contributed by atoms with Crippen molar-refractivity contribution in [2.24, 2.45) is 5.92 Å². The first-order chi connectivity index (χ1) is 13.6. The van der Waals surface area contributed by atoms with E-state index in [0.29, 0.717) is 38.2 Å². The summed E-state index contributed by atoms with van der Waals surface area (Å²) in [4.78, 5) is 27.3. The zero-order chi connectivity index (χ0) is 19.9. The molecule has 6 heteroatoms. The third-order valence-electron chi connectivity index (χ3n) is 5.08. The van der Waals surface area contributed by atoms with E-state index in [4.69, 9.17) is 4.74 Å². The summed E-state index contributed by atoms with van der Waals surface area (Å²) >= 11 is 0. The van der Waals surface area contributed by atoms with Crippen molar-refractivity contribution in [2.45, 2.75) is 12.3 Å². The van der Waals surface area contributed by atoms with Crippen LogP contribution in [0.25, 0.3) is 0 Å². The van der Waals surface area contributed by atoms with Gasteiger partial charge in [0.15, 0.2) is 0 Å². The van der Waals surface area contributed by atoms with Gasteiger partial charge in [0, 0.05) is 38.2 Å². The Morgan fingerprint density at radius 1 is 1.11 bits per heavy atom. The molecule has 0 spiro atoms. The maximum atomic E-state index is 13.2. The van der Waals surface area contributed by atoms with Crippen molar-refractivity contribution in [3.63, 3.8) is 0 Å². The SMILES string of the molecule is COCCNC(=O)[C@@H]1C[C@@H](c2ccccc2)CN(C(=O)c2ccc(F)cc2)C1. The van der Waals surface area contributed by atoms with Crippen molar-refractivity contribution in [1.82, 2.24) is 10.2 Å². The molecule has 1 saturated heterocycles. The van der Waals surface area contributed by atoms with Crippen LogP contribution < -0.4 is 5.32 Å². The third-order valence-corrected chi connectivity index (χ3v) is 5.08. The fourth-order valence-corrected chi connectivity index (χ4v) is 3.62. The van der Waals surface area contributed by atoms with Crippen LogP contribution in [0.2, 0.25) is 0 Å². The Balaban J connectivity index is 1.79. The van der Waals surface area contributed by atoms with Gasteiger partial charge in [-0.1, -0.05) is 30.3 Å². The summed E-state index contributed by atoms with van der Waals surface area (Å²) in [5.74, 6) is -0.879. The Labute approximate surface area is 164 Å². The molecule has 0 aliphatic carbocycles. The quantitative estimate of drug-likeness (QED) is 0.779. The average Bonchev–Trinajstić information content (AvgIpc) is 2.74. The number of amides is 2. The van der Waals surface area contributed by atoms with Crippen molar-refractivity contribution in [3.8, 4) is 0 Å². The molecule has 0 saturated carbocycles. The van der Waals surface area contributed by atoms with Crippen LogP contribution >= 0.6 is 0 Å². The van der Waals surface area contributed by atoms with E-state index in [1.807, 2.05) is 30.3 Å². The molecular formula is C22H25FN2O3. The largest absolute Gasteiger partial charge is 0.383 e. The molecule has 148 valence electrons. The van der Waals surface area contributed by atoms with Crippen LogP contribution in [0.3, 0.4) is 0 Å². The van der Waals surface area contributed by atoms with Crippen molar-refractivity contribution in [1.29, 1.82) is 0 Å². The Kier molecular flexibility index (Phi) is 6.76. The molecule has 0 radical (unpaired) electrons. The molecule has 3 rings (SSSR count). The van der Waals surface area contributed by atoms with Crippen molar-refractivity contribution >= 4 is 11.8 Å². The molecule has 2 aromatic rings. The number of ether oxygens (including phenoxy) is 1. The minimum Gasteiger partial charge on any atom is -0.383 e. The summed E-state index contributed by atoms with van der Waals surface area (Å²) in [6.07, 6.45) is 0.677. The molecule has 1 fully saturated rings. The number of piperidine rings is 1. The van der Waals surface area contributed by atoms with Crippen molar-refractivity contribution in [3.05, 3.63) is 71.5 Å². The van der Waals surface area contributed by atoms with E-state index in [9.17, 15) is 14.0 Å². The van der Waals surface area contributed by atoms with Crippen LogP contribution in [0.1, 0.15) is 28.3 Å². The predicted molar refractivity (Wildman–Crippen MR) is 104 cm³/mol. The normalized spacial score (nSPS) is 19.3. The fraction of sp³-hybridized carbons (Fsp3) is 0.364. The van der Waals surface area contributed by atoms with Crippen LogP contribution in [0.5, 0.6) is 0 Å². The van der Waals surface area contributed by atoms with Gasteiger partial charge < -0.3 is 15.0 Å². The van der Waals surface area contributed by atoms with Crippen LogP contribution in [-0.2, 0) is 9.53 Å². The summed E-state index contributed by atoms with van der Waals surface area (Å²) in [7, 11) is 1.58. The summed E-state index contributed by atoms with van der Waals surface area (Å²) < 4.78 is 18.2. The number of carbonyl (C=O) groups is 2. The number of halogens is 1. The lowest BCUT2D eigenvalue weighted by Gasteiger charge is -2.37. The van der Waals surface area contributed by atoms with Gasteiger partial charge in [0.05, 0.1) is 12.5 Å². The number of nitrogens with one attached hydrogen (secondary N) is 1. The first-order valence-electron chi connectivity index (χ1n) is 9.45. The minimum atomic E-state index is -0.382. The highest BCUT2D eigenvalue weighted by Gasteiger charge is 2.34. The number of benzene rings is 2. The van der Waals surface area contributed by atoms with E-state index < -0.39 is 0 Å². The molecule has 5 nitrogen and oxygen atoms in total. The number of methoxy groups -OCH3 is 1. The van der Waals surface area contributed by atoms with Gasteiger partial charge in [-0.2, -0.15) is 0 Å². The van der Waals surface area contributed by atoms with Gasteiger partial charge in [0.2, 0.25) is 5.91 Å². The van der Waals surface area contributed by atoms with E-state index in [2.05, 4.69) is 5.32 Å². The molecule has 1 heterocycles. The van der Waals surface area contributed by atoms with Gasteiger partial charge in [-0.05, 0) is 36.2 Å². The van der Waals surface area contributed by atoms with E-state index in [1.54, 1.807) is 12.0 Å². The van der Waals surface area contributed by atoms with Crippen molar-refractivity contribution in [2.75, 3.05) is 33.4 Å². The number of rotatable bonds is 6. The molecule has 2 amide bonds. The molecule has 0 aromatic heterocycles. The smallest absolute Gasteiger partial charge is 0.253 e. The highest BCUT2D eigenvalue weighted by atomic mass is 19.1. The summed E-state index contributed by atoms with van der Waals surface area (Å²) in [5.41, 5.74) is 1.53. The molecular weight excluding hydrogens is 359 g/mol. The number of likely N-dealkylation sites (tertiary alicyclic amines) is 1. The molecule has 1 aliphatic heterocycles. The van der Waals surface area contributed by atoms with Gasteiger partial charge in [-0.3, -0.25) is 9.59 Å². The zero-order valence-corrected chi connectivity index (χ0v) is 15.9. The first-order valence-corrected chi connectivity index (χ1v) is 9.45. The molecule has 28 heavy (non-hydrogen) atoms. The molecule has 2 atom stereocenters. The first kappa shape index (κ1) is 20.0. The van der Waals surface area contributed by atoms with E-state index >= 15 is 0 Å². The second kappa shape index (κ2) is 9.46. The number of carbonyl (C=O) groups excluding carboxylic acids is 2. The Morgan fingerprint density at radius 3 is 2.50 bits per heavy atom. The standard InChI is InChI=1S/C22H25FN2O3/c1-28-12-11-24-21(26)19-13-18(16-5-3-2-4-6-16)14-25(15-19)22(27)17-7-9-20(23)10-8-17/h2-10,18-19H,11-15H2,1H3,(H,24,26)/t18-,19-/m1/s1. The number of hydrogen-bond donors (Lipinski definition) is 1. The number of nitrogens with zero attached hydrogens (tertiary/aromatic N) is 1. The van der Waals surface area contributed by atoms with Crippen LogP contribution in [0.4, 0.5) is 4.39 Å². The van der Waals surface area contributed by atoms with Crippen molar-refractivity contribution < 1.29 is 18.7 Å². The topological polar surface area (TPSA) is 58.6 Å². The van der Waals surface area contributed by atoms with Gasteiger partial charge in [0.25, 0.3) is 5.91 Å². The van der Waals surface area contributed by atoms with Crippen LogP contribution in [0, 0.1) is 11.7 Å². The Hall–Kier alpha value is -2.73. The lowest BCUT2D eigenvalue weighted by atomic mass is 9.83. The third kappa shape index (κ3) is 4.95. The molecule has 0 bridgehead atoms. The van der Waals surface area contributed by atoms with E-state index in [0.717, 1.165) is 5.56 Å². The van der Waals surface area contributed by atoms with Gasteiger partial charge in [-0.25, -0.2) is 4.39 Å². The van der Waals surface area contributed by atoms with Gasteiger partial charge in [-0.15, -0.1) is 0 Å². The minimum absolute atomic E-state index is 0.0672. The zero-order valence-electron chi connectivity index (χ0n) is 15.9. The number of hydrogen-bond acceptors (Lipinski definition) is 3. The second-order valence-corrected chi connectivity index (χ2v) is 7.04. The van der Waals surface area contributed by atoms with Crippen LogP contribution in [-0.4, -0.2) is 50.1 Å². The average molecular weight is 384 g/mol. The molecule has 1 N–H and O–H groups in total. The maximum Gasteiger partial charge on any atom is 0.253 e. The predicted octanol–water partition coefficient (Wildman–Crippen LogP) is 2.83. The van der Waals surface area contributed by atoms with Gasteiger partial charge in [0.1, 0.15) is 5.82 Å². The van der Waals surface area contributed by atoms with E-state index in [-0.39, 0.29) is 29.5 Å². The summed E-state index contributed by atoms with van der Waals surface area (Å²) in [5, 5.41) is 2.88. The summed E-state index contributed by atoms with van der Waals surface area (Å²) in [6, 6.07) is 15.4. The highest BCUT2D eigenvalue weighted by Crippen LogP contribution is 2.31. The molecule has 0 unspecified atom stereocenters. The Morgan fingerprint density at radius 2 is 1.82 bits per heavy atom. The van der Waals surface area contributed by atoms with E-state index in [1.165, 1.54) is 24.3 Å². The lowest BCUT2D eigenvalue weighted by molar-refractivity contribution is -0.126. The molecule has 2 aromatic carbocycles. The maximum absolute atomic E-state index is 13.2. The van der Waals surface area contributed by atoms with Crippen LogP contribution in [0.15, 0.2) is 54.6 Å². The fourth-order valence-electron chi connectivity index (χ4n) is 3.62.